The van der Waals surface area contributed by atoms with Gasteiger partial charge in [-0.2, -0.15) is 0 Å². The zero-order valence-corrected chi connectivity index (χ0v) is 9.17. The van der Waals surface area contributed by atoms with Crippen molar-refractivity contribution in [2.45, 2.75) is 20.4 Å². The molecule has 0 aliphatic carbocycles. The van der Waals surface area contributed by atoms with Gasteiger partial charge in [0.15, 0.2) is 0 Å². The second-order valence-corrected chi connectivity index (χ2v) is 3.32. The van der Waals surface area contributed by atoms with Crippen LogP contribution < -0.4 is 0 Å². The molecule has 1 heterocycles. The van der Waals surface area contributed by atoms with E-state index in [0.29, 0.717) is 13.1 Å². The molecule has 1 aromatic rings. The van der Waals surface area contributed by atoms with Gasteiger partial charge in [-0.25, -0.2) is 0 Å². The predicted octanol–water partition coefficient (Wildman–Crippen LogP) is 2.18. The third kappa shape index (κ3) is 2.77. The van der Waals surface area contributed by atoms with Gasteiger partial charge in [-0.3, -0.25) is 4.79 Å². The highest BCUT2D eigenvalue weighted by atomic mass is 35.5. The average Bonchev–Trinajstić information content (AvgIpc) is 2.59. The van der Waals surface area contributed by atoms with Crippen LogP contribution in [0.1, 0.15) is 18.4 Å². The number of furan rings is 1. The van der Waals surface area contributed by atoms with Crippen molar-refractivity contribution in [1.82, 2.24) is 4.90 Å². The van der Waals surface area contributed by atoms with E-state index in [1.165, 1.54) is 0 Å². The Morgan fingerprint density at radius 2 is 2.29 bits per heavy atom. The number of rotatable bonds is 4. The number of hydrogen-bond donors (Lipinski definition) is 0. The van der Waals surface area contributed by atoms with Gasteiger partial charge in [0.2, 0.25) is 5.91 Å². The van der Waals surface area contributed by atoms with Crippen LogP contribution >= 0.6 is 11.6 Å². The lowest BCUT2D eigenvalue weighted by Crippen LogP contribution is -2.30. The molecule has 0 fully saturated rings. The van der Waals surface area contributed by atoms with Crippen molar-refractivity contribution in [3.8, 4) is 0 Å². The summed E-state index contributed by atoms with van der Waals surface area (Å²) in [4.78, 5) is 13.0. The smallest absolute Gasteiger partial charge is 0.237 e. The van der Waals surface area contributed by atoms with Gasteiger partial charge in [0, 0.05) is 6.54 Å². The van der Waals surface area contributed by atoms with Gasteiger partial charge in [0.25, 0.3) is 0 Å². The first kappa shape index (κ1) is 11.1. The summed E-state index contributed by atoms with van der Waals surface area (Å²) in [6.45, 7) is 4.94. The normalized spacial score (nSPS) is 10.2. The van der Waals surface area contributed by atoms with E-state index in [2.05, 4.69) is 0 Å². The lowest BCUT2D eigenvalue weighted by molar-refractivity contribution is -0.129. The van der Waals surface area contributed by atoms with Crippen LogP contribution in [-0.2, 0) is 11.3 Å². The number of aryl methyl sites for hydroxylation is 1. The average molecular weight is 216 g/mol. The van der Waals surface area contributed by atoms with E-state index in [1.54, 1.807) is 4.90 Å². The van der Waals surface area contributed by atoms with Crippen LogP contribution in [0.2, 0.25) is 0 Å². The Hall–Kier alpha value is -0.960. The standard InChI is InChI=1S/C10H14ClNO2/c1-3-12(10(13)6-11)7-9-5-4-8(2)14-9/h4-5H,3,6-7H2,1-2H3. The number of alkyl halides is 1. The number of hydrogen-bond acceptors (Lipinski definition) is 2. The maximum absolute atomic E-state index is 11.3. The number of carbonyl (C=O) groups is 1. The molecule has 0 N–H and O–H groups in total. The van der Waals surface area contributed by atoms with Gasteiger partial charge >= 0.3 is 0 Å². The van der Waals surface area contributed by atoms with Gasteiger partial charge in [-0.05, 0) is 26.0 Å². The van der Waals surface area contributed by atoms with E-state index in [9.17, 15) is 4.79 Å². The van der Waals surface area contributed by atoms with Crippen molar-refractivity contribution in [2.24, 2.45) is 0 Å². The predicted molar refractivity (Wildman–Crippen MR) is 55.3 cm³/mol. The van der Waals surface area contributed by atoms with Crippen LogP contribution in [0.15, 0.2) is 16.5 Å². The molecule has 0 atom stereocenters. The maximum Gasteiger partial charge on any atom is 0.237 e. The fraction of sp³-hybridized carbons (Fsp3) is 0.500. The van der Waals surface area contributed by atoms with Gasteiger partial charge in [-0.1, -0.05) is 0 Å². The molecule has 3 nitrogen and oxygen atoms in total. The van der Waals surface area contributed by atoms with Crippen molar-refractivity contribution in [3.05, 3.63) is 23.7 Å². The highest BCUT2D eigenvalue weighted by Crippen LogP contribution is 2.09. The molecule has 0 bridgehead atoms. The summed E-state index contributed by atoms with van der Waals surface area (Å²) in [6.07, 6.45) is 0. The van der Waals surface area contributed by atoms with E-state index in [4.69, 9.17) is 16.0 Å². The van der Waals surface area contributed by atoms with Crippen LogP contribution in [0.5, 0.6) is 0 Å². The summed E-state index contributed by atoms with van der Waals surface area (Å²) < 4.78 is 5.37. The molecule has 0 aromatic carbocycles. The Balaban J connectivity index is 2.61. The van der Waals surface area contributed by atoms with E-state index in [0.717, 1.165) is 11.5 Å². The quantitative estimate of drug-likeness (QED) is 0.722. The summed E-state index contributed by atoms with van der Waals surface area (Å²) in [5.41, 5.74) is 0. The molecule has 0 spiro atoms. The van der Waals surface area contributed by atoms with E-state index in [1.807, 2.05) is 26.0 Å². The lowest BCUT2D eigenvalue weighted by atomic mass is 10.4. The van der Waals surface area contributed by atoms with Crippen LogP contribution in [0.25, 0.3) is 0 Å². The largest absolute Gasteiger partial charge is 0.464 e. The Kier molecular flexibility index (Phi) is 4.01. The van der Waals surface area contributed by atoms with Crippen molar-refractivity contribution >= 4 is 17.5 Å². The summed E-state index contributed by atoms with van der Waals surface area (Å²) in [5.74, 6) is 1.61. The van der Waals surface area contributed by atoms with E-state index < -0.39 is 0 Å². The van der Waals surface area contributed by atoms with E-state index in [-0.39, 0.29) is 11.8 Å². The highest BCUT2D eigenvalue weighted by Gasteiger charge is 2.12. The second-order valence-electron chi connectivity index (χ2n) is 3.05. The molecular weight excluding hydrogens is 202 g/mol. The first-order valence-corrected chi connectivity index (χ1v) is 5.10. The van der Waals surface area contributed by atoms with Crippen LogP contribution in [-0.4, -0.2) is 23.2 Å². The highest BCUT2D eigenvalue weighted by molar-refractivity contribution is 6.27. The summed E-state index contributed by atoms with van der Waals surface area (Å²) >= 11 is 5.48. The molecule has 1 rings (SSSR count). The van der Waals surface area contributed by atoms with Crippen LogP contribution in [0.3, 0.4) is 0 Å². The lowest BCUT2D eigenvalue weighted by Gasteiger charge is -2.17. The third-order valence-electron chi connectivity index (χ3n) is 1.99. The van der Waals surface area contributed by atoms with Gasteiger partial charge < -0.3 is 9.32 Å². The van der Waals surface area contributed by atoms with Gasteiger partial charge in [-0.15, -0.1) is 11.6 Å². The fourth-order valence-corrected chi connectivity index (χ4v) is 1.39. The summed E-state index contributed by atoms with van der Waals surface area (Å²) in [7, 11) is 0. The zero-order chi connectivity index (χ0) is 10.6. The number of carbonyl (C=O) groups excluding carboxylic acids is 1. The summed E-state index contributed by atoms with van der Waals surface area (Å²) in [5, 5.41) is 0. The molecule has 0 saturated carbocycles. The molecule has 1 aromatic heterocycles. The number of nitrogens with zero attached hydrogens (tertiary/aromatic N) is 1. The molecule has 4 heteroatoms. The van der Waals surface area contributed by atoms with Crippen molar-refractivity contribution < 1.29 is 9.21 Å². The Morgan fingerprint density at radius 3 is 2.71 bits per heavy atom. The fourth-order valence-electron chi connectivity index (χ4n) is 1.22. The minimum atomic E-state index is -0.0665. The first-order chi connectivity index (χ1) is 6.67. The van der Waals surface area contributed by atoms with Gasteiger partial charge in [0.1, 0.15) is 17.4 Å². The molecule has 0 aliphatic heterocycles. The van der Waals surface area contributed by atoms with E-state index >= 15 is 0 Å². The molecule has 1 amide bonds. The van der Waals surface area contributed by atoms with Crippen LogP contribution in [0.4, 0.5) is 0 Å². The Morgan fingerprint density at radius 1 is 1.57 bits per heavy atom. The Labute approximate surface area is 88.6 Å². The zero-order valence-electron chi connectivity index (χ0n) is 8.42. The molecule has 14 heavy (non-hydrogen) atoms. The number of amides is 1. The topological polar surface area (TPSA) is 33.5 Å². The monoisotopic (exact) mass is 215 g/mol. The number of halogens is 1. The van der Waals surface area contributed by atoms with Crippen molar-refractivity contribution in [3.63, 3.8) is 0 Å². The van der Waals surface area contributed by atoms with Gasteiger partial charge in [0.05, 0.1) is 6.54 Å². The molecule has 0 aliphatic rings. The molecule has 78 valence electrons. The van der Waals surface area contributed by atoms with Crippen LogP contribution in [0, 0.1) is 6.92 Å². The SMILES string of the molecule is CCN(Cc1ccc(C)o1)C(=O)CCl. The Bertz CT molecular complexity index is 309. The minimum Gasteiger partial charge on any atom is -0.464 e. The minimum absolute atomic E-state index is 0.0214. The van der Waals surface area contributed by atoms with Crippen molar-refractivity contribution in [2.75, 3.05) is 12.4 Å². The second kappa shape index (κ2) is 5.05. The molecule has 0 unspecified atom stereocenters. The molecule has 0 radical (unpaired) electrons. The van der Waals surface area contributed by atoms with Crippen molar-refractivity contribution in [1.29, 1.82) is 0 Å². The maximum atomic E-state index is 11.3. The molecule has 0 saturated heterocycles. The first-order valence-electron chi connectivity index (χ1n) is 4.56. The summed E-state index contributed by atoms with van der Waals surface area (Å²) in [6, 6.07) is 3.76. The third-order valence-corrected chi connectivity index (χ3v) is 2.22. The molecular formula is C10H14ClNO2.